The minimum absolute atomic E-state index is 0.147. The molecule has 0 unspecified atom stereocenters. The zero-order chi connectivity index (χ0) is 21.0. The van der Waals surface area contributed by atoms with Crippen molar-refractivity contribution >= 4 is 21.9 Å². The van der Waals surface area contributed by atoms with Gasteiger partial charge in [-0.2, -0.15) is 0 Å². The molecule has 7 atom stereocenters. The summed E-state index contributed by atoms with van der Waals surface area (Å²) in [5.41, 5.74) is 0.713. The van der Waals surface area contributed by atoms with Crippen LogP contribution in [0.4, 0.5) is 0 Å². The number of aliphatic hydroxyl groups excluding tert-OH is 1. The van der Waals surface area contributed by atoms with Gasteiger partial charge in [0.1, 0.15) is 11.1 Å². The topological polar surface area (TPSA) is 59.4 Å². The van der Waals surface area contributed by atoms with E-state index in [-0.39, 0.29) is 18.6 Å². The first-order valence-electron chi connectivity index (χ1n) is 10.4. The minimum Gasteiger partial charge on any atom is -0.455 e. The summed E-state index contributed by atoms with van der Waals surface area (Å²) in [5.74, 6) is 1.83. The number of nitrogens with zero attached hydrogens (tertiary/aromatic N) is 1. The second-order valence-corrected chi connectivity index (χ2v) is 9.28. The van der Waals surface area contributed by atoms with Gasteiger partial charge in [0.25, 0.3) is 0 Å². The Balaban J connectivity index is 1.64. The molecule has 0 radical (unpaired) electrons. The van der Waals surface area contributed by atoms with Gasteiger partial charge in [0.15, 0.2) is 0 Å². The van der Waals surface area contributed by atoms with Crippen molar-refractivity contribution in [2.45, 2.75) is 39.9 Å². The molecule has 1 fully saturated rings. The van der Waals surface area contributed by atoms with Gasteiger partial charge in [-0.05, 0) is 76.1 Å². The third-order valence-corrected chi connectivity index (χ3v) is 7.02. The van der Waals surface area contributed by atoms with Crippen molar-refractivity contribution in [3.8, 4) is 0 Å². The monoisotopic (exact) mass is 459 g/mol. The van der Waals surface area contributed by atoms with Crippen LogP contribution in [0.5, 0.6) is 0 Å². The summed E-state index contributed by atoms with van der Waals surface area (Å²) in [4.78, 5) is 16.3. The van der Waals surface area contributed by atoms with E-state index in [0.29, 0.717) is 39.8 Å². The number of aromatic nitrogens is 1. The van der Waals surface area contributed by atoms with Crippen LogP contribution in [0, 0.1) is 35.5 Å². The molecule has 1 aromatic rings. The highest BCUT2D eigenvalue weighted by molar-refractivity contribution is 9.12. The Kier molecular flexibility index (Phi) is 7.47. The minimum atomic E-state index is -0.412. The molecule has 0 amide bonds. The molecule has 4 nitrogen and oxygen atoms in total. The molecule has 0 saturated heterocycles. The van der Waals surface area contributed by atoms with E-state index in [0.717, 1.165) is 6.42 Å². The van der Waals surface area contributed by atoms with Crippen LogP contribution in [0.1, 0.15) is 32.9 Å². The molecule has 0 aliphatic heterocycles. The van der Waals surface area contributed by atoms with Gasteiger partial charge in [-0.15, -0.1) is 0 Å². The molecule has 2 aliphatic carbocycles. The molecule has 3 rings (SSSR count). The van der Waals surface area contributed by atoms with Crippen molar-refractivity contribution in [1.82, 2.24) is 4.98 Å². The quantitative estimate of drug-likeness (QED) is 0.289. The van der Waals surface area contributed by atoms with Gasteiger partial charge < -0.3 is 9.84 Å². The molecule has 0 bridgehead atoms. The van der Waals surface area contributed by atoms with Crippen molar-refractivity contribution < 1.29 is 14.6 Å². The summed E-state index contributed by atoms with van der Waals surface area (Å²) in [6.07, 6.45) is 12.9. The van der Waals surface area contributed by atoms with Crippen LogP contribution in [0.2, 0.25) is 0 Å². The second kappa shape index (κ2) is 9.86. The number of rotatable bonds is 5. The van der Waals surface area contributed by atoms with E-state index in [1.807, 2.05) is 24.3 Å². The van der Waals surface area contributed by atoms with Crippen LogP contribution >= 0.6 is 15.9 Å². The normalized spacial score (nSPS) is 34.8. The Morgan fingerprint density at radius 1 is 1.31 bits per heavy atom. The maximum atomic E-state index is 12.2. The molecule has 156 valence electrons. The van der Waals surface area contributed by atoms with Crippen LogP contribution in [-0.4, -0.2) is 22.2 Å². The zero-order valence-corrected chi connectivity index (χ0v) is 18.8. The highest BCUT2D eigenvalue weighted by Gasteiger charge is 2.44. The summed E-state index contributed by atoms with van der Waals surface area (Å²) in [6, 6.07) is 5.51. The number of fused-ring (bicyclic) bond motifs is 1. The van der Waals surface area contributed by atoms with E-state index in [2.05, 4.69) is 59.9 Å². The Labute approximate surface area is 181 Å². The van der Waals surface area contributed by atoms with Gasteiger partial charge in [-0.1, -0.05) is 51.1 Å². The predicted molar refractivity (Wildman–Crippen MR) is 118 cm³/mol. The summed E-state index contributed by atoms with van der Waals surface area (Å²) in [5, 5.41) is 10.6. The summed E-state index contributed by atoms with van der Waals surface area (Å²) < 4.78 is 5.67. The Morgan fingerprint density at radius 3 is 2.83 bits per heavy atom. The molecule has 29 heavy (non-hydrogen) atoms. The molecule has 1 heterocycles. The number of esters is 1. The van der Waals surface area contributed by atoms with E-state index in [1.165, 1.54) is 0 Å². The maximum absolute atomic E-state index is 12.2. The molecule has 1 aromatic heterocycles. The van der Waals surface area contributed by atoms with Crippen LogP contribution in [-0.2, 0) is 16.1 Å². The average Bonchev–Trinajstić information content (AvgIpc) is 2.72. The van der Waals surface area contributed by atoms with Crippen LogP contribution in [0.3, 0.4) is 0 Å². The van der Waals surface area contributed by atoms with Gasteiger partial charge in [0.05, 0.1) is 11.8 Å². The van der Waals surface area contributed by atoms with Gasteiger partial charge in [0, 0.05) is 6.20 Å². The first-order valence-corrected chi connectivity index (χ1v) is 11.1. The lowest BCUT2D eigenvalue weighted by Crippen LogP contribution is -2.46. The number of hydrogen-bond donors (Lipinski definition) is 1. The summed E-state index contributed by atoms with van der Waals surface area (Å²) >= 11 is 3.32. The molecule has 0 aromatic carbocycles. The highest BCUT2D eigenvalue weighted by Crippen LogP contribution is 2.48. The Morgan fingerprint density at radius 2 is 2.10 bits per heavy atom. The molecule has 1 N–H and O–H groups in total. The zero-order valence-electron chi connectivity index (χ0n) is 17.2. The fourth-order valence-corrected chi connectivity index (χ4v) is 5.10. The maximum Gasteiger partial charge on any atom is 0.345 e. The third-order valence-electron chi connectivity index (χ3n) is 6.43. The van der Waals surface area contributed by atoms with E-state index in [4.69, 9.17) is 4.74 Å². The highest BCUT2D eigenvalue weighted by atomic mass is 79.9. The number of carbonyl (C=O) groups is 1. The number of allylic oxidation sites excluding steroid dienone is 5. The second-order valence-electron chi connectivity index (χ2n) is 8.42. The van der Waals surface area contributed by atoms with Gasteiger partial charge >= 0.3 is 5.97 Å². The van der Waals surface area contributed by atoms with Crippen LogP contribution in [0.15, 0.2) is 59.3 Å². The molecular formula is C24H30BrNO3. The van der Waals surface area contributed by atoms with Gasteiger partial charge in [-0.3, -0.25) is 4.98 Å². The van der Waals surface area contributed by atoms with Crippen molar-refractivity contribution in [1.29, 1.82) is 0 Å². The first kappa shape index (κ1) is 22.0. The van der Waals surface area contributed by atoms with Crippen molar-refractivity contribution in [2.24, 2.45) is 35.5 Å². The number of ether oxygens (including phenoxy) is 1. The molecule has 0 spiro atoms. The van der Waals surface area contributed by atoms with E-state index in [1.54, 1.807) is 12.3 Å². The Hall–Kier alpha value is -1.72. The molecular weight excluding hydrogens is 430 g/mol. The number of halogens is 1. The Bertz CT molecular complexity index is 789. The number of carbonyl (C=O) groups excluding carboxylic acids is 1. The lowest BCUT2D eigenvalue weighted by molar-refractivity contribution is -0.139. The third kappa shape index (κ3) is 5.26. The van der Waals surface area contributed by atoms with Crippen LogP contribution < -0.4 is 0 Å². The van der Waals surface area contributed by atoms with E-state index < -0.39 is 5.97 Å². The largest absolute Gasteiger partial charge is 0.455 e. The number of hydrogen-bond acceptors (Lipinski definition) is 4. The van der Waals surface area contributed by atoms with E-state index in [9.17, 15) is 9.90 Å². The van der Waals surface area contributed by atoms with Crippen LogP contribution in [0.25, 0.3) is 0 Å². The number of aliphatic hydroxyl groups is 1. The van der Waals surface area contributed by atoms with E-state index >= 15 is 0 Å². The molecule has 1 saturated carbocycles. The summed E-state index contributed by atoms with van der Waals surface area (Å²) in [7, 11) is 0. The van der Waals surface area contributed by atoms with Crippen molar-refractivity contribution in [2.75, 3.05) is 0 Å². The summed E-state index contributed by atoms with van der Waals surface area (Å²) in [6.45, 7) is 6.68. The molecule has 5 heteroatoms. The fourth-order valence-electron chi connectivity index (χ4n) is 4.83. The average molecular weight is 460 g/mol. The lowest BCUT2D eigenvalue weighted by Gasteiger charge is -2.48. The SMILES string of the molecule is C[C@@H]1[C@@H](O)[C@H](C)C[C@@H]2C=C[C@H](C)[C@H](/C=C/C=C(\Br)C(=O)OCc3ccccn3)[C@@H]12. The van der Waals surface area contributed by atoms with Gasteiger partial charge in [0.2, 0.25) is 0 Å². The number of pyridine rings is 1. The smallest absolute Gasteiger partial charge is 0.345 e. The standard InChI is InChI=1S/C24H30BrNO3/c1-15-10-11-18-13-16(2)23(27)17(3)22(18)20(15)8-6-9-21(25)24(28)29-14-19-7-4-5-12-26-19/h4-12,15-18,20,22-23,27H,13-14H2,1-3H3/b8-6+,21-9-/t15-,16+,17-,18-,20-,22-,23-/m0/s1. The fraction of sp³-hybridized carbons (Fsp3) is 0.500. The first-order chi connectivity index (χ1) is 13.9. The molecule has 2 aliphatic rings. The van der Waals surface area contributed by atoms with Gasteiger partial charge in [-0.25, -0.2) is 4.79 Å². The van der Waals surface area contributed by atoms with Crippen molar-refractivity contribution in [3.05, 3.63) is 65.0 Å². The lowest BCUT2D eigenvalue weighted by atomic mass is 9.58. The van der Waals surface area contributed by atoms with Crippen molar-refractivity contribution in [3.63, 3.8) is 0 Å². The predicted octanol–water partition coefficient (Wildman–Crippen LogP) is 5.05.